The molecule has 0 saturated heterocycles. The van der Waals surface area contributed by atoms with Crippen molar-refractivity contribution in [1.29, 1.82) is 5.26 Å². The molecule has 1 unspecified atom stereocenters. The minimum atomic E-state index is 0.0516. The summed E-state index contributed by atoms with van der Waals surface area (Å²) < 4.78 is 0. The zero-order valence-corrected chi connectivity index (χ0v) is 11.1. The third-order valence-electron chi connectivity index (χ3n) is 6.87. The second kappa shape index (κ2) is 2.73. The Balaban J connectivity index is 1.77. The first-order chi connectivity index (χ1) is 8.00. The average molecular weight is 229 g/mol. The van der Waals surface area contributed by atoms with Crippen molar-refractivity contribution in [2.45, 2.75) is 58.8 Å². The van der Waals surface area contributed by atoms with Crippen LogP contribution in [0.3, 0.4) is 0 Å². The average Bonchev–Trinajstić information content (AvgIpc) is 2.81. The first kappa shape index (κ1) is 10.4. The molecule has 0 aromatic carbocycles. The molecule has 0 heterocycles. The van der Waals surface area contributed by atoms with Crippen LogP contribution in [0.15, 0.2) is 0 Å². The second-order valence-electron chi connectivity index (χ2n) is 8.28. The zero-order chi connectivity index (χ0) is 11.9. The van der Waals surface area contributed by atoms with Crippen LogP contribution in [0, 0.1) is 45.3 Å². The summed E-state index contributed by atoms with van der Waals surface area (Å²) in [5.41, 5.74) is 0.781. The molecule has 92 valence electrons. The maximum atomic E-state index is 9.80. The summed E-state index contributed by atoms with van der Waals surface area (Å²) in [5.74, 6) is 2.92. The van der Waals surface area contributed by atoms with Crippen LogP contribution < -0.4 is 0 Å². The van der Waals surface area contributed by atoms with Crippen molar-refractivity contribution in [3.8, 4) is 6.07 Å². The van der Waals surface area contributed by atoms with Crippen LogP contribution in [0.25, 0.3) is 0 Å². The fourth-order valence-electron chi connectivity index (χ4n) is 6.47. The highest BCUT2D eigenvalue weighted by molar-refractivity contribution is 5.30. The summed E-state index contributed by atoms with van der Waals surface area (Å²) >= 11 is 0. The third kappa shape index (κ3) is 1.06. The van der Waals surface area contributed by atoms with Crippen molar-refractivity contribution in [2.24, 2.45) is 34.0 Å². The molecule has 0 aromatic heterocycles. The van der Waals surface area contributed by atoms with E-state index in [1.165, 1.54) is 44.9 Å². The lowest BCUT2D eigenvalue weighted by atomic mass is 9.45. The van der Waals surface area contributed by atoms with Gasteiger partial charge in [0.05, 0.1) is 11.5 Å². The molecular formula is C16H23N. The van der Waals surface area contributed by atoms with Gasteiger partial charge in [-0.05, 0) is 73.5 Å². The lowest BCUT2D eigenvalue weighted by molar-refractivity contribution is -0.0905. The van der Waals surface area contributed by atoms with Crippen molar-refractivity contribution in [3.63, 3.8) is 0 Å². The van der Waals surface area contributed by atoms with E-state index in [1.807, 2.05) is 0 Å². The highest BCUT2D eigenvalue weighted by Gasteiger charge is 2.74. The van der Waals surface area contributed by atoms with Gasteiger partial charge >= 0.3 is 0 Å². The van der Waals surface area contributed by atoms with Crippen molar-refractivity contribution >= 4 is 0 Å². The fraction of sp³-hybridized carbons (Fsp3) is 0.938. The summed E-state index contributed by atoms with van der Waals surface area (Å²) in [4.78, 5) is 0. The molecule has 1 atom stereocenters. The Bertz CT molecular complexity index is 378. The lowest BCUT2D eigenvalue weighted by Gasteiger charge is -2.59. The Labute approximate surface area is 105 Å². The van der Waals surface area contributed by atoms with Crippen LogP contribution in [0.2, 0.25) is 0 Å². The third-order valence-corrected chi connectivity index (χ3v) is 6.87. The van der Waals surface area contributed by atoms with E-state index in [-0.39, 0.29) is 5.41 Å². The minimum absolute atomic E-state index is 0.0516. The first-order valence-electron chi connectivity index (χ1n) is 7.42. The lowest BCUT2D eigenvalue weighted by Crippen LogP contribution is -2.51. The van der Waals surface area contributed by atoms with Gasteiger partial charge in [-0.3, -0.25) is 0 Å². The largest absolute Gasteiger partial charge is 0.198 e. The molecule has 17 heavy (non-hydrogen) atoms. The number of rotatable bonds is 1. The predicted molar refractivity (Wildman–Crippen MR) is 67.0 cm³/mol. The summed E-state index contributed by atoms with van der Waals surface area (Å²) in [6.45, 7) is 4.66. The van der Waals surface area contributed by atoms with E-state index in [2.05, 4.69) is 19.9 Å². The number of nitrogens with zero attached hydrogens (tertiary/aromatic N) is 1. The molecule has 0 N–H and O–H groups in total. The molecule has 1 nitrogen and oxygen atoms in total. The van der Waals surface area contributed by atoms with E-state index >= 15 is 0 Å². The van der Waals surface area contributed by atoms with E-state index < -0.39 is 0 Å². The van der Waals surface area contributed by atoms with E-state index in [4.69, 9.17) is 0 Å². The monoisotopic (exact) mass is 229 g/mol. The number of hydrogen-bond donors (Lipinski definition) is 0. The predicted octanol–water partition coefficient (Wildman–Crippen LogP) is 4.14. The van der Waals surface area contributed by atoms with Crippen LogP contribution in [0.1, 0.15) is 58.8 Å². The maximum absolute atomic E-state index is 9.80. The number of hydrogen-bond acceptors (Lipinski definition) is 1. The van der Waals surface area contributed by atoms with Crippen LogP contribution in [0.5, 0.6) is 0 Å². The zero-order valence-electron chi connectivity index (χ0n) is 11.1. The normalized spacial score (nSPS) is 57.8. The van der Waals surface area contributed by atoms with Gasteiger partial charge in [0.1, 0.15) is 0 Å². The van der Waals surface area contributed by atoms with Gasteiger partial charge in [0, 0.05) is 0 Å². The Morgan fingerprint density at radius 1 is 0.941 bits per heavy atom. The van der Waals surface area contributed by atoms with Crippen LogP contribution >= 0.6 is 0 Å². The molecule has 0 aliphatic heterocycles. The van der Waals surface area contributed by atoms with Gasteiger partial charge in [-0.1, -0.05) is 13.8 Å². The Kier molecular flexibility index (Phi) is 1.68. The molecule has 5 fully saturated rings. The van der Waals surface area contributed by atoms with Crippen molar-refractivity contribution < 1.29 is 0 Å². The highest BCUT2D eigenvalue weighted by Crippen LogP contribution is 2.79. The summed E-state index contributed by atoms with van der Waals surface area (Å²) in [6.07, 6.45) is 9.79. The smallest absolute Gasteiger partial charge is 0.0701 e. The van der Waals surface area contributed by atoms with Gasteiger partial charge in [0.25, 0.3) is 0 Å². The molecule has 0 amide bonds. The van der Waals surface area contributed by atoms with Crippen molar-refractivity contribution in [3.05, 3.63) is 0 Å². The number of nitriles is 1. The van der Waals surface area contributed by atoms with E-state index in [0.29, 0.717) is 10.8 Å². The second-order valence-corrected chi connectivity index (χ2v) is 8.28. The summed E-state index contributed by atoms with van der Waals surface area (Å²) in [5, 5.41) is 9.80. The summed E-state index contributed by atoms with van der Waals surface area (Å²) in [6, 6.07) is 2.80. The minimum Gasteiger partial charge on any atom is -0.198 e. The molecular weight excluding hydrogens is 206 g/mol. The molecule has 5 aliphatic rings. The van der Waals surface area contributed by atoms with Gasteiger partial charge in [-0.15, -0.1) is 0 Å². The maximum Gasteiger partial charge on any atom is 0.0701 e. The van der Waals surface area contributed by atoms with E-state index in [9.17, 15) is 5.26 Å². The molecule has 4 bridgehead atoms. The van der Waals surface area contributed by atoms with Gasteiger partial charge in [-0.2, -0.15) is 5.26 Å². The Morgan fingerprint density at radius 2 is 1.35 bits per heavy atom. The quantitative estimate of drug-likeness (QED) is 0.663. The Hall–Kier alpha value is -0.510. The molecule has 1 heteroatoms. The topological polar surface area (TPSA) is 23.8 Å². The highest BCUT2D eigenvalue weighted by atomic mass is 14.8. The van der Waals surface area contributed by atoms with Gasteiger partial charge in [0.2, 0.25) is 0 Å². The SMILES string of the molecule is CC1(C)CC1(C#N)C12CC3CC(CC(C3)C1)C2. The van der Waals surface area contributed by atoms with Crippen molar-refractivity contribution in [2.75, 3.05) is 0 Å². The first-order valence-corrected chi connectivity index (χ1v) is 7.42. The van der Waals surface area contributed by atoms with E-state index in [1.54, 1.807) is 0 Å². The van der Waals surface area contributed by atoms with Gasteiger partial charge in [-0.25, -0.2) is 0 Å². The molecule has 0 spiro atoms. The molecule has 0 aromatic rings. The van der Waals surface area contributed by atoms with E-state index in [0.717, 1.165) is 17.8 Å². The van der Waals surface area contributed by atoms with Crippen molar-refractivity contribution in [1.82, 2.24) is 0 Å². The standard InChI is InChI=1S/C16H23N/c1-14(2)9-16(14,10-17)15-6-11-3-12(7-15)5-13(4-11)8-15/h11-13H,3-9H2,1-2H3. The molecule has 5 rings (SSSR count). The summed E-state index contributed by atoms with van der Waals surface area (Å²) in [7, 11) is 0. The van der Waals surface area contributed by atoms with Crippen LogP contribution in [-0.2, 0) is 0 Å². The molecule has 5 aliphatic carbocycles. The van der Waals surface area contributed by atoms with Gasteiger partial charge < -0.3 is 0 Å². The molecule has 0 radical (unpaired) electrons. The van der Waals surface area contributed by atoms with Gasteiger partial charge in [0.15, 0.2) is 0 Å². The Morgan fingerprint density at radius 3 is 1.65 bits per heavy atom. The fourth-order valence-corrected chi connectivity index (χ4v) is 6.47. The van der Waals surface area contributed by atoms with Crippen LogP contribution in [-0.4, -0.2) is 0 Å². The van der Waals surface area contributed by atoms with Crippen LogP contribution in [0.4, 0.5) is 0 Å². The molecule has 5 saturated carbocycles.